The summed E-state index contributed by atoms with van der Waals surface area (Å²) in [4.78, 5) is 4.82. The molecule has 0 N–H and O–H groups in total. The summed E-state index contributed by atoms with van der Waals surface area (Å²) in [6, 6.07) is 26.2. The van der Waals surface area contributed by atoms with E-state index in [1.807, 2.05) is 6.20 Å². The monoisotopic (exact) mass is 333 g/mol. The standard InChI is InChI=1S/C25H19N/c1-16-11-17(2)13-18(12-16)25-14-23-21-9-5-3-7-19(21)20-8-4-6-10-22(20)24(23)15-26-25/h3-15H,1-2H3. The molecule has 0 aliphatic rings. The van der Waals surface area contributed by atoms with Gasteiger partial charge in [0.2, 0.25) is 0 Å². The van der Waals surface area contributed by atoms with E-state index in [2.05, 4.69) is 86.6 Å². The van der Waals surface area contributed by atoms with E-state index in [4.69, 9.17) is 4.98 Å². The highest BCUT2D eigenvalue weighted by molar-refractivity contribution is 6.25. The summed E-state index contributed by atoms with van der Waals surface area (Å²) in [6.45, 7) is 4.28. The van der Waals surface area contributed by atoms with Gasteiger partial charge in [-0.25, -0.2) is 0 Å². The number of pyridine rings is 1. The third-order valence-electron chi connectivity index (χ3n) is 5.15. The summed E-state index contributed by atoms with van der Waals surface area (Å²) in [5.74, 6) is 0. The summed E-state index contributed by atoms with van der Waals surface area (Å²) in [6.07, 6.45) is 2.04. The summed E-state index contributed by atoms with van der Waals surface area (Å²) >= 11 is 0. The van der Waals surface area contributed by atoms with Crippen LogP contribution in [0.25, 0.3) is 43.6 Å². The molecule has 0 saturated heterocycles. The summed E-state index contributed by atoms with van der Waals surface area (Å²) in [7, 11) is 0. The van der Waals surface area contributed by atoms with Crippen molar-refractivity contribution in [2.24, 2.45) is 0 Å². The van der Waals surface area contributed by atoms with Gasteiger partial charge in [-0.2, -0.15) is 0 Å². The Kier molecular flexibility index (Phi) is 3.29. The van der Waals surface area contributed by atoms with Crippen molar-refractivity contribution in [2.75, 3.05) is 0 Å². The molecule has 124 valence electrons. The van der Waals surface area contributed by atoms with Crippen molar-refractivity contribution >= 4 is 32.3 Å². The van der Waals surface area contributed by atoms with Gasteiger partial charge in [-0.15, -0.1) is 0 Å². The number of fused-ring (bicyclic) bond motifs is 6. The van der Waals surface area contributed by atoms with E-state index in [0.29, 0.717) is 0 Å². The van der Waals surface area contributed by atoms with Crippen molar-refractivity contribution < 1.29 is 0 Å². The van der Waals surface area contributed by atoms with Gasteiger partial charge in [0, 0.05) is 17.1 Å². The molecule has 1 nitrogen and oxygen atoms in total. The van der Waals surface area contributed by atoms with Crippen LogP contribution < -0.4 is 0 Å². The number of hydrogen-bond donors (Lipinski definition) is 0. The molecule has 0 amide bonds. The predicted molar refractivity (Wildman–Crippen MR) is 112 cm³/mol. The topological polar surface area (TPSA) is 12.9 Å². The summed E-state index contributed by atoms with van der Waals surface area (Å²) < 4.78 is 0. The lowest BCUT2D eigenvalue weighted by Crippen LogP contribution is -1.89. The number of aryl methyl sites for hydroxylation is 2. The lowest BCUT2D eigenvalue weighted by Gasteiger charge is -2.12. The quantitative estimate of drug-likeness (QED) is 0.306. The van der Waals surface area contributed by atoms with Crippen LogP contribution in [0, 0.1) is 13.8 Å². The molecule has 0 atom stereocenters. The van der Waals surface area contributed by atoms with E-state index in [-0.39, 0.29) is 0 Å². The van der Waals surface area contributed by atoms with Gasteiger partial charge in [-0.1, -0.05) is 65.7 Å². The van der Waals surface area contributed by atoms with E-state index in [1.54, 1.807) is 0 Å². The number of benzene rings is 4. The number of hydrogen-bond acceptors (Lipinski definition) is 1. The zero-order valence-electron chi connectivity index (χ0n) is 15.0. The molecule has 0 radical (unpaired) electrons. The SMILES string of the molecule is Cc1cc(C)cc(-c2cc3c4ccccc4c4ccccc4c3cn2)c1. The van der Waals surface area contributed by atoms with Crippen molar-refractivity contribution in [3.8, 4) is 11.3 Å². The maximum Gasteiger partial charge on any atom is 0.0708 e. The van der Waals surface area contributed by atoms with Crippen molar-refractivity contribution in [1.82, 2.24) is 4.98 Å². The highest BCUT2D eigenvalue weighted by Crippen LogP contribution is 2.36. The van der Waals surface area contributed by atoms with Crippen molar-refractivity contribution in [1.29, 1.82) is 0 Å². The van der Waals surface area contributed by atoms with Crippen LogP contribution in [0.5, 0.6) is 0 Å². The van der Waals surface area contributed by atoms with Crippen LogP contribution in [0.1, 0.15) is 11.1 Å². The molecule has 0 saturated carbocycles. The lowest BCUT2D eigenvalue weighted by atomic mass is 9.94. The minimum Gasteiger partial charge on any atom is -0.256 e. The van der Waals surface area contributed by atoms with Crippen LogP contribution in [0.15, 0.2) is 79.0 Å². The Morgan fingerprint density at radius 3 is 1.62 bits per heavy atom. The molecule has 1 heteroatoms. The summed E-state index contributed by atoms with van der Waals surface area (Å²) in [5.41, 5.74) is 4.75. The molecule has 0 spiro atoms. The van der Waals surface area contributed by atoms with Gasteiger partial charge in [-0.05, 0) is 59.0 Å². The van der Waals surface area contributed by atoms with Gasteiger partial charge >= 0.3 is 0 Å². The van der Waals surface area contributed by atoms with Crippen molar-refractivity contribution in [3.05, 3.63) is 90.1 Å². The maximum absolute atomic E-state index is 4.82. The second kappa shape index (κ2) is 5.67. The average Bonchev–Trinajstić information content (AvgIpc) is 2.67. The predicted octanol–water partition coefficient (Wildman–Crippen LogP) is 6.83. The lowest BCUT2D eigenvalue weighted by molar-refractivity contribution is 1.33. The minimum atomic E-state index is 1.03. The van der Waals surface area contributed by atoms with Crippen LogP contribution in [-0.2, 0) is 0 Å². The van der Waals surface area contributed by atoms with Crippen LogP contribution in [0.4, 0.5) is 0 Å². The molecule has 1 heterocycles. The Morgan fingerprint density at radius 2 is 1.04 bits per heavy atom. The fourth-order valence-electron chi connectivity index (χ4n) is 4.08. The highest BCUT2D eigenvalue weighted by atomic mass is 14.7. The Morgan fingerprint density at radius 1 is 0.538 bits per heavy atom. The molecule has 5 aromatic rings. The second-order valence-corrected chi connectivity index (χ2v) is 7.08. The first-order chi connectivity index (χ1) is 12.7. The van der Waals surface area contributed by atoms with Crippen LogP contribution >= 0.6 is 0 Å². The number of aromatic nitrogens is 1. The molecule has 0 unspecified atom stereocenters. The first-order valence-electron chi connectivity index (χ1n) is 8.98. The van der Waals surface area contributed by atoms with E-state index in [9.17, 15) is 0 Å². The Balaban J connectivity index is 1.92. The zero-order valence-corrected chi connectivity index (χ0v) is 15.0. The Labute approximate surface area is 152 Å². The Hall–Kier alpha value is -3.19. The maximum atomic E-state index is 4.82. The molecule has 0 aliphatic heterocycles. The van der Waals surface area contributed by atoms with Gasteiger partial charge in [0.1, 0.15) is 0 Å². The molecular formula is C25H19N. The largest absolute Gasteiger partial charge is 0.256 e. The van der Waals surface area contributed by atoms with Gasteiger partial charge in [-0.3, -0.25) is 4.98 Å². The molecule has 0 aliphatic carbocycles. The third kappa shape index (κ3) is 2.28. The zero-order chi connectivity index (χ0) is 17.7. The molecule has 26 heavy (non-hydrogen) atoms. The van der Waals surface area contributed by atoms with E-state index in [0.717, 1.165) is 5.69 Å². The summed E-state index contributed by atoms with van der Waals surface area (Å²) in [5, 5.41) is 7.62. The minimum absolute atomic E-state index is 1.03. The second-order valence-electron chi connectivity index (χ2n) is 7.08. The third-order valence-corrected chi connectivity index (χ3v) is 5.15. The van der Waals surface area contributed by atoms with Crippen LogP contribution in [0.3, 0.4) is 0 Å². The average molecular weight is 333 g/mol. The van der Waals surface area contributed by atoms with E-state index in [1.165, 1.54) is 49.0 Å². The molecular weight excluding hydrogens is 314 g/mol. The number of nitrogens with zero attached hydrogens (tertiary/aromatic N) is 1. The van der Waals surface area contributed by atoms with Gasteiger partial charge in [0.25, 0.3) is 0 Å². The molecule has 1 aromatic heterocycles. The van der Waals surface area contributed by atoms with Crippen molar-refractivity contribution in [2.45, 2.75) is 13.8 Å². The molecule has 0 bridgehead atoms. The van der Waals surface area contributed by atoms with Crippen LogP contribution in [0.2, 0.25) is 0 Å². The van der Waals surface area contributed by atoms with Gasteiger partial charge in [0.05, 0.1) is 5.69 Å². The van der Waals surface area contributed by atoms with Crippen molar-refractivity contribution in [3.63, 3.8) is 0 Å². The highest BCUT2D eigenvalue weighted by Gasteiger charge is 2.10. The normalized spacial score (nSPS) is 11.5. The molecule has 4 aromatic carbocycles. The molecule has 5 rings (SSSR count). The number of rotatable bonds is 1. The Bertz CT molecular complexity index is 1240. The molecule has 0 fully saturated rings. The first kappa shape index (κ1) is 15.1. The van der Waals surface area contributed by atoms with E-state index < -0.39 is 0 Å². The van der Waals surface area contributed by atoms with Gasteiger partial charge < -0.3 is 0 Å². The smallest absolute Gasteiger partial charge is 0.0708 e. The fraction of sp³-hybridized carbons (Fsp3) is 0.0800. The van der Waals surface area contributed by atoms with Gasteiger partial charge in [0.15, 0.2) is 0 Å². The van der Waals surface area contributed by atoms with Crippen LogP contribution in [-0.4, -0.2) is 4.98 Å². The van der Waals surface area contributed by atoms with E-state index >= 15 is 0 Å². The first-order valence-corrected chi connectivity index (χ1v) is 8.98. The fourth-order valence-corrected chi connectivity index (χ4v) is 4.08.